The van der Waals surface area contributed by atoms with Gasteiger partial charge in [-0.15, -0.1) is 0 Å². The molecule has 1 aliphatic carbocycles. The molecule has 1 atom stereocenters. The fourth-order valence-electron chi connectivity index (χ4n) is 3.90. The van der Waals surface area contributed by atoms with Crippen LogP contribution in [0.2, 0.25) is 0 Å². The van der Waals surface area contributed by atoms with E-state index in [1.165, 1.54) is 42.5 Å². The third-order valence-electron chi connectivity index (χ3n) is 5.84. The van der Waals surface area contributed by atoms with Gasteiger partial charge in [0.25, 0.3) is 0 Å². The SMILES string of the molecule is C=C1NC(=C)C(CCCc2cc(CCC3CC3)ccc2C(C)=O)N1.Fc1ccccc1. The third-order valence-corrected chi connectivity index (χ3v) is 5.84. The predicted octanol–water partition coefficient (Wildman–Crippen LogP) is 5.93. The fourth-order valence-corrected chi connectivity index (χ4v) is 3.90. The monoisotopic (exact) mass is 420 g/mol. The summed E-state index contributed by atoms with van der Waals surface area (Å²) in [6.07, 6.45) is 8.18. The largest absolute Gasteiger partial charge is 0.364 e. The van der Waals surface area contributed by atoms with E-state index in [0.717, 1.165) is 48.7 Å². The van der Waals surface area contributed by atoms with Crippen LogP contribution in [0.3, 0.4) is 0 Å². The summed E-state index contributed by atoms with van der Waals surface area (Å²) in [6, 6.07) is 14.6. The molecule has 1 heterocycles. The number of rotatable bonds is 8. The molecule has 0 amide bonds. The molecule has 0 radical (unpaired) electrons. The topological polar surface area (TPSA) is 41.1 Å². The molecule has 31 heavy (non-hydrogen) atoms. The van der Waals surface area contributed by atoms with Gasteiger partial charge in [-0.1, -0.05) is 62.4 Å². The average Bonchev–Trinajstić information content (AvgIpc) is 3.51. The van der Waals surface area contributed by atoms with Crippen LogP contribution in [0.5, 0.6) is 0 Å². The van der Waals surface area contributed by atoms with Crippen molar-refractivity contribution in [3.8, 4) is 0 Å². The average molecular weight is 421 g/mol. The highest BCUT2D eigenvalue weighted by molar-refractivity contribution is 5.95. The summed E-state index contributed by atoms with van der Waals surface area (Å²) in [6.45, 7) is 9.58. The van der Waals surface area contributed by atoms with Crippen LogP contribution in [0.25, 0.3) is 0 Å². The standard InChI is InChI=1S/C21H28N2O.C6H5F/c1-14-21(23-16(3)22-14)6-4-5-19-13-18(10-9-17-7-8-17)11-12-20(19)15(2)24;7-6-4-2-1-3-5-6/h11-13,17,21-23H,1,3-10H2,2H3;1-5H. The van der Waals surface area contributed by atoms with Crippen molar-refractivity contribution in [3.05, 3.63) is 95.7 Å². The van der Waals surface area contributed by atoms with Crippen LogP contribution >= 0.6 is 0 Å². The zero-order chi connectivity index (χ0) is 22.2. The Bertz CT molecular complexity index is 918. The van der Waals surface area contributed by atoms with E-state index < -0.39 is 0 Å². The van der Waals surface area contributed by atoms with E-state index in [1.54, 1.807) is 25.1 Å². The molecule has 4 heteroatoms. The molecule has 1 saturated heterocycles. The van der Waals surface area contributed by atoms with Gasteiger partial charge in [0.15, 0.2) is 5.78 Å². The molecular formula is C27H33FN2O. The van der Waals surface area contributed by atoms with E-state index in [-0.39, 0.29) is 17.6 Å². The molecule has 3 nitrogen and oxygen atoms in total. The number of hydrogen-bond acceptors (Lipinski definition) is 3. The Morgan fingerprint density at radius 1 is 1.06 bits per heavy atom. The van der Waals surface area contributed by atoms with E-state index in [2.05, 4.69) is 35.9 Å². The Hall–Kier alpha value is -2.88. The van der Waals surface area contributed by atoms with Crippen LogP contribution < -0.4 is 10.6 Å². The maximum absolute atomic E-state index is 11.9. The number of halogens is 1. The van der Waals surface area contributed by atoms with Crippen molar-refractivity contribution in [2.24, 2.45) is 5.92 Å². The highest BCUT2D eigenvalue weighted by Crippen LogP contribution is 2.33. The molecule has 4 rings (SSSR count). The van der Waals surface area contributed by atoms with Crippen LogP contribution in [0.4, 0.5) is 4.39 Å². The molecule has 1 saturated carbocycles. The molecule has 0 bridgehead atoms. The number of Topliss-reactive ketones (excluding diaryl/α,β-unsaturated/α-hetero) is 1. The lowest BCUT2D eigenvalue weighted by Crippen LogP contribution is -2.21. The molecule has 2 fully saturated rings. The highest BCUT2D eigenvalue weighted by atomic mass is 19.1. The summed E-state index contributed by atoms with van der Waals surface area (Å²) in [5.41, 5.74) is 4.45. The van der Waals surface area contributed by atoms with Crippen molar-refractivity contribution >= 4 is 5.78 Å². The summed E-state index contributed by atoms with van der Waals surface area (Å²) >= 11 is 0. The molecule has 2 aromatic carbocycles. The summed E-state index contributed by atoms with van der Waals surface area (Å²) in [4.78, 5) is 11.9. The van der Waals surface area contributed by atoms with Crippen molar-refractivity contribution < 1.29 is 9.18 Å². The number of carbonyl (C=O) groups is 1. The quantitative estimate of drug-likeness (QED) is 0.520. The first-order valence-electron chi connectivity index (χ1n) is 11.2. The summed E-state index contributed by atoms with van der Waals surface area (Å²) in [7, 11) is 0. The van der Waals surface area contributed by atoms with Crippen LogP contribution in [-0.4, -0.2) is 11.8 Å². The molecule has 1 unspecified atom stereocenters. The molecule has 0 spiro atoms. The lowest BCUT2D eigenvalue weighted by atomic mass is 9.94. The minimum Gasteiger partial charge on any atom is -0.364 e. The highest BCUT2D eigenvalue weighted by Gasteiger charge is 2.21. The maximum atomic E-state index is 11.9. The van der Waals surface area contributed by atoms with Gasteiger partial charge < -0.3 is 10.6 Å². The maximum Gasteiger partial charge on any atom is 0.160 e. The normalized spacial score (nSPS) is 17.4. The van der Waals surface area contributed by atoms with Crippen LogP contribution in [0.15, 0.2) is 73.2 Å². The molecular weight excluding hydrogens is 387 g/mol. The third kappa shape index (κ3) is 7.39. The smallest absolute Gasteiger partial charge is 0.160 e. The molecule has 2 aromatic rings. The van der Waals surface area contributed by atoms with E-state index in [9.17, 15) is 9.18 Å². The fraction of sp³-hybridized carbons (Fsp3) is 0.370. The molecule has 1 aliphatic heterocycles. The summed E-state index contributed by atoms with van der Waals surface area (Å²) in [5, 5.41) is 6.44. The summed E-state index contributed by atoms with van der Waals surface area (Å²) < 4.78 is 11.9. The van der Waals surface area contributed by atoms with Crippen molar-refractivity contribution in [1.29, 1.82) is 0 Å². The van der Waals surface area contributed by atoms with Gasteiger partial charge in [-0.3, -0.25) is 4.79 Å². The van der Waals surface area contributed by atoms with Crippen molar-refractivity contribution in [1.82, 2.24) is 10.6 Å². The van der Waals surface area contributed by atoms with E-state index >= 15 is 0 Å². The Kier molecular flexibility index (Phi) is 8.05. The first kappa shape index (κ1) is 22.8. The Morgan fingerprint density at radius 3 is 2.35 bits per heavy atom. The number of hydrogen-bond donors (Lipinski definition) is 2. The zero-order valence-electron chi connectivity index (χ0n) is 18.4. The summed E-state index contributed by atoms with van der Waals surface area (Å²) in [5.74, 6) is 1.76. The van der Waals surface area contributed by atoms with Gasteiger partial charge >= 0.3 is 0 Å². The van der Waals surface area contributed by atoms with Gasteiger partial charge in [0.2, 0.25) is 0 Å². The van der Waals surface area contributed by atoms with Gasteiger partial charge in [-0.2, -0.15) is 0 Å². The Labute approximate surface area is 185 Å². The number of carbonyl (C=O) groups excluding carboxylic acids is 1. The van der Waals surface area contributed by atoms with Gasteiger partial charge in [0.05, 0.1) is 11.9 Å². The number of benzene rings is 2. The van der Waals surface area contributed by atoms with Gasteiger partial charge in [-0.25, -0.2) is 4.39 Å². The van der Waals surface area contributed by atoms with Gasteiger partial charge in [0.1, 0.15) is 5.82 Å². The lowest BCUT2D eigenvalue weighted by Gasteiger charge is -2.13. The first-order valence-corrected chi connectivity index (χ1v) is 11.2. The molecule has 2 aliphatic rings. The first-order chi connectivity index (χ1) is 14.9. The zero-order valence-corrected chi connectivity index (χ0v) is 18.4. The second-order valence-electron chi connectivity index (χ2n) is 8.54. The van der Waals surface area contributed by atoms with E-state index in [1.807, 2.05) is 6.07 Å². The van der Waals surface area contributed by atoms with Crippen LogP contribution in [0, 0.1) is 11.7 Å². The second-order valence-corrected chi connectivity index (χ2v) is 8.54. The predicted molar refractivity (Wildman–Crippen MR) is 125 cm³/mol. The number of aryl methyl sites for hydroxylation is 2. The Balaban J connectivity index is 0.000000330. The van der Waals surface area contributed by atoms with E-state index in [4.69, 9.17) is 0 Å². The van der Waals surface area contributed by atoms with Crippen molar-refractivity contribution in [2.45, 2.75) is 57.9 Å². The molecule has 2 N–H and O–H groups in total. The molecule has 164 valence electrons. The van der Waals surface area contributed by atoms with Gasteiger partial charge in [-0.05, 0) is 68.2 Å². The minimum atomic E-state index is -0.178. The van der Waals surface area contributed by atoms with Crippen molar-refractivity contribution in [2.75, 3.05) is 0 Å². The second kappa shape index (κ2) is 10.9. The number of ketones is 1. The number of nitrogens with one attached hydrogen (secondary N) is 2. The molecule has 0 aromatic heterocycles. The van der Waals surface area contributed by atoms with Crippen LogP contribution in [-0.2, 0) is 12.8 Å². The minimum absolute atomic E-state index is 0.164. The van der Waals surface area contributed by atoms with Crippen molar-refractivity contribution in [3.63, 3.8) is 0 Å². The Morgan fingerprint density at radius 2 is 1.81 bits per heavy atom. The lowest BCUT2D eigenvalue weighted by molar-refractivity contribution is 0.101. The van der Waals surface area contributed by atoms with Crippen LogP contribution in [0.1, 0.15) is 60.5 Å². The van der Waals surface area contributed by atoms with E-state index in [0.29, 0.717) is 0 Å². The van der Waals surface area contributed by atoms with Gasteiger partial charge in [0, 0.05) is 11.3 Å².